The van der Waals surface area contributed by atoms with E-state index >= 15 is 0 Å². The fourth-order valence-electron chi connectivity index (χ4n) is 1.11. The third-order valence-electron chi connectivity index (χ3n) is 2.03. The van der Waals surface area contributed by atoms with Gasteiger partial charge in [0, 0.05) is 25.8 Å². The molecule has 0 heterocycles. The van der Waals surface area contributed by atoms with Crippen LogP contribution in [-0.4, -0.2) is 38.5 Å². The van der Waals surface area contributed by atoms with E-state index in [1.54, 1.807) is 0 Å². The van der Waals surface area contributed by atoms with Crippen LogP contribution in [0.25, 0.3) is 0 Å². The molecule has 0 bridgehead atoms. The van der Waals surface area contributed by atoms with Crippen LogP contribution in [-0.2, 0) is 0 Å². The summed E-state index contributed by atoms with van der Waals surface area (Å²) in [6.07, 6.45) is 0. The van der Waals surface area contributed by atoms with Crippen molar-refractivity contribution in [3.63, 3.8) is 0 Å². The molecule has 0 radical (unpaired) electrons. The first-order valence-electron chi connectivity index (χ1n) is 4.90. The largest absolute Gasteiger partial charge is 0.492 e. The van der Waals surface area contributed by atoms with Gasteiger partial charge in [0.25, 0.3) is 0 Å². The van der Waals surface area contributed by atoms with Gasteiger partial charge in [-0.3, -0.25) is 0 Å². The second-order valence-electron chi connectivity index (χ2n) is 3.65. The fraction of sp³-hybridized carbons (Fsp3) is 0.455. The van der Waals surface area contributed by atoms with Crippen LogP contribution in [0.4, 0.5) is 5.69 Å². The molecule has 0 aliphatic carbocycles. The molecule has 15 heavy (non-hydrogen) atoms. The van der Waals surface area contributed by atoms with Gasteiger partial charge < -0.3 is 20.5 Å². The third kappa shape index (κ3) is 3.77. The molecule has 0 spiro atoms. The Morgan fingerprint density at radius 2 is 2.20 bits per heavy atom. The Kier molecular flexibility index (Phi) is 4.39. The summed E-state index contributed by atoms with van der Waals surface area (Å²) < 4.78 is 5.44. The second kappa shape index (κ2) is 5.58. The van der Waals surface area contributed by atoms with Crippen LogP contribution in [0.2, 0.25) is 0 Å². The summed E-state index contributed by atoms with van der Waals surface area (Å²) in [6.45, 7) is 0.265. The monoisotopic (exact) mass is 210 g/mol. The minimum absolute atomic E-state index is 0.0621. The van der Waals surface area contributed by atoms with E-state index in [1.165, 1.54) is 0 Å². The summed E-state index contributed by atoms with van der Waals surface area (Å²) in [4.78, 5) is 2.00. The van der Waals surface area contributed by atoms with E-state index in [4.69, 9.17) is 15.6 Å². The highest BCUT2D eigenvalue weighted by Gasteiger charge is 2.02. The van der Waals surface area contributed by atoms with Crippen LogP contribution in [0.5, 0.6) is 5.75 Å². The van der Waals surface area contributed by atoms with Gasteiger partial charge in [0.15, 0.2) is 0 Å². The van der Waals surface area contributed by atoms with Gasteiger partial charge in [-0.15, -0.1) is 0 Å². The number of nitrogens with two attached hydrogens (primary N) is 1. The van der Waals surface area contributed by atoms with Crippen molar-refractivity contribution in [3.05, 3.63) is 24.3 Å². The summed E-state index contributed by atoms with van der Waals surface area (Å²) in [7, 11) is 3.94. The van der Waals surface area contributed by atoms with E-state index in [0.717, 1.165) is 11.4 Å². The lowest BCUT2D eigenvalue weighted by molar-refractivity contribution is 0.206. The van der Waals surface area contributed by atoms with Crippen molar-refractivity contribution < 1.29 is 9.84 Å². The zero-order valence-corrected chi connectivity index (χ0v) is 9.18. The maximum atomic E-state index is 8.74. The zero-order chi connectivity index (χ0) is 11.3. The molecule has 0 saturated carbocycles. The fourth-order valence-corrected chi connectivity index (χ4v) is 1.11. The minimum Gasteiger partial charge on any atom is -0.492 e. The van der Waals surface area contributed by atoms with Crippen LogP contribution < -0.4 is 15.4 Å². The minimum atomic E-state index is -0.326. The van der Waals surface area contributed by atoms with Crippen molar-refractivity contribution >= 4 is 5.69 Å². The molecule has 0 aliphatic rings. The third-order valence-corrected chi connectivity index (χ3v) is 2.03. The van der Waals surface area contributed by atoms with Gasteiger partial charge in [0.05, 0.1) is 12.6 Å². The molecule has 1 aromatic rings. The van der Waals surface area contributed by atoms with E-state index in [9.17, 15) is 0 Å². The molecule has 0 amide bonds. The van der Waals surface area contributed by atoms with E-state index in [0.29, 0.717) is 6.61 Å². The van der Waals surface area contributed by atoms with E-state index in [-0.39, 0.29) is 12.6 Å². The predicted octanol–water partition coefficient (Wildman–Crippen LogP) is 0.451. The van der Waals surface area contributed by atoms with Gasteiger partial charge in [0.2, 0.25) is 0 Å². The normalized spacial score (nSPS) is 12.3. The summed E-state index contributed by atoms with van der Waals surface area (Å²) >= 11 is 0. The number of rotatable bonds is 5. The molecule has 0 aromatic heterocycles. The molecule has 1 rings (SSSR count). The standard InChI is InChI=1S/C11H18N2O2/c1-13(2)10-4-3-5-11(6-10)15-8-9(12)7-14/h3-6,9,14H,7-8,12H2,1-2H3. The van der Waals surface area contributed by atoms with E-state index in [2.05, 4.69) is 0 Å². The van der Waals surface area contributed by atoms with Crippen molar-refractivity contribution in [2.75, 3.05) is 32.2 Å². The number of ether oxygens (including phenoxy) is 1. The lowest BCUT2D eigenvalue weighted by Gasteiger charge is -2.15. The molecule has 84 valence electrons. The van der Waals surface area contributed by atoms with Crippen molar-refractivity contribution in [1.29, 1.82) is 0 Å². The molecule has 4 heteroatoms. The van der Waals surface area contributed by atoms with Crippen molar-refractivity contribution in [1.82, 2.24) is 0 Å². The Morgan fingerprint density at radius 1 is 1.47 bits per heavy atom. The van der Waals surface area contributed by atoms with E-state index < -0.39 is 0 Å². The zero-order valence-electron chi connectivity index (χ0n) is 9.18. The lowest BCUT2D eigenvalue weighted by atomic mass is 10.3. The Hall–Kier alpha value is -1.26. The lowest BCUT2D eigenvalue weighted by Crippen LogP contribution is -2.31. The van der Waals surface area contributed by atoms with Gasteiger partial charge in [-0.05, 0) is 12.1 Å². The molecule has 0 saturated heterocycles. The first kappa shape index (κ1) is 11.8. The number of hydrogen-bond acceptors (Lipinski definition) is 4. The smallest absolute Gasteiger partial charge is 0.121 e. The van der Waals surface area contributed by atoms with Gasteiger partial charge in [-0.2, -0.15) is 0 Å². The Bertz CT molecular complexity index is 302. The number of anilines is 1. The van der Waals surface area contributed by atoms with Gasteiger partial charge in [-0.1, -0.05) is 6.07 Å². The Labute approximate surface area is 90.3 Å². The first-order valence-corrected chi connectivity index (χ1v) is 4.90. The van der Waals surface area contributed by atoms with Crippen molar-refractivity contribution in [2.45, 2.75) is 6.04 Å². The number of aliphatic hydroxyl groups is 1. The average molecular weight is 210 g/mol. The maximum absolute atomic E-state index is 8.74. The first-order chi connectivity index (χ1) is 7.13. The molecule has 4 nitrogen and oxygen atoms in total. The van der Waals surface area contributed by atoms with Crippen molar-refractivity contribution in [2.24, 2.45) is 5.73 Å². The number of nitrogens with zero attached hydrogens (tertiary/aromatic N) is 1. The second-order valence-corrected chi connectivity index (χ2v) is 3.65. The van der Waals surface area contributed by atoms with Crippen LogP contribution >= 0.6 is 0 Å². The summed E-state index contributed by atoms with van der Waals surface area (Å²) in [5, 5.41) is 8.74. The molecule has 1 atom stereocenters. The van der Waals surface area contributed by atoms with Gasteiger partial charge in [-0.25, -0.2) is 0 Å². The topological polar surface area (TPSA) is 58.7 Å². The maximum Gasteiger partial charge on any atom is 0.121 e. The summed E-state index contributed by atoms with van der Waals surface area (Å²) in [5.41, 5.74) is 6.61. The van der Waals surface area contributed by atoms with E-state index in [1.807, 2.05) is 43.3 Å². The summed E-state index contributed by atoms with van der Waals surface area (Å²) in [5.74, 6) is 0.769. The molecule has 0 aliphatic heterocycles. The van der Waals surface area contributed by atoms with Crippen LogP contribution in [0.15, 0.2) is 24.3 Å². The molecular formula is C11H18N2O2. The summed E-state index contributed by atoms with van der Waals surface area (Å²) in [6, 6.07) is 7.41. The Morgan fingerprint density at radius 3 is 2.80 bits per heavy atom. The predicted molar refractivity (Wildman–Crippen MR) is 61.3 cm³/mol. The molecule has 1 unspecified atom stereocenters. The molecular weight excluding hydrogens is 192 g/mol. The molecule has 1 aromatic carbocycles. The van der Waals surface area contributed by atoms with Crippen LogP contribution in [0, 0.1) is 0 Å². The van der Waals surface area contributed by atoms with Crippen molar-refractivity contribution in [3.8, 4) is 5.75 Å². The quantitative estimate of drug-likeness (QED) is 0.741. The van der Waals surface area contributed by atoms with Gasteiger partial charge in [0.1, 0.15) is 12.4 Å². The highest BCUT2D eigenvalue weighted by molar-refractivity contribution is 5.49. The average Bonchev–Trinajstić information content (AvgIpc) is 2.26. The number of hydrogen-bond donors (Lipinski definition) is 2. The number of aliphatic hydroxyl groups excluding tert-OH is 1. The highest BCUT2D eigenvalue weighted by Crippen LogP contribution is 2.19. The highest BCUT2D eigenvalue weighted by atomic mass is 16.5. The number of benzene rings is 1. The molecule has 0 fully saturated rings. The van der Waals surface area contributed by atoms with Crippen LogP contribution in [0.3, 0.4) is 0 Å². The Balaban J connectivity index is 2.58. The SMILES string of the molecule is CN(C)c1cccc(OCC(N)CO)c1. The molecule has 3 N–H and O–H groups in total. The van der Waals surface area contributed by atoms with Gasteiger partial charge >= 0.3 is 0 Å². The van der Waals surface area contributed by atoms with Crippen LogP contribution in [0.1, 0.15) is 0 Å².